The lowest BCUT2D eigenvalue weighted by Crippen LogP contribution is -2.18. The lowest BCUT2D eigenvalue weighted by atomic mass is 10.1. The van der Waals surface area contributed by atoms with Crippen LogP contribution in [0.3, 0.4) is 0 Å². The van der Waals surface area contributed by atoms with Gasteiger partial charge in [-0.1, -0.05) is 0 Å². The van der Waals surface area contributed by atoms with Gasteiger partial charge >= 0.3 is 0 Å². The topological polar surface area (TPSA) is 46.9 Å². The molecule has 88 valence electrons. The van der Waals surface area contributed by atoms with Crippen molar-refractivity contribution in [2.75, 3.05) is 13.6 Å². The van der Waals surface area contributed by atoms with E-state index in [0.717, 1.165) is 10.2 Å². The summed E-state index contributed by atoms with van der Waals surface area (Å²) in [5, 5.41) is 6.99. The van der Waals surface area contributed by atoms with Crippen LogP contribution in [-0.4, -0.2) is 29.2 Å². The van der Waals surface area contributed by atoms with Crippen molar-refractivity contribution in [2.24, 2.45) is 0 Å². The quantitative estimate of drug-likeness (QED) is 0.878. The third-order valence-electron chi connectivity index (χ3n) is 2.36. The van der Waals surface area contributed by atoms with E-state index in [1.807, 2.05) is 24.4 Å². The van der Waals surface area contributed by atoms with Gasteiger partial charge in [0.15, 0.2) is 5.78 Å². The minimum atomic E-state index is 0.0696. The molecule has 0 aliphatic rings. The average molecular weight is 294 g/mol. The minimum Gasteiger partial charge on any atom is -0.313 e. The molecule has 0 fully saturated rings. The normalized spacial score (nSPS) is 10.5. The Hall–Kier alpha value is -1.46. The van der Waals surface area contributed by atoms with Crippen molar-refractivity contribution in [3.05, 3.63) is 46.7 Å². The molecule has 0 atom stereocenters. The van der Waals surface area contributed by atoms with Gasteiger partial charge in [0.2, 0.25) is 0 Å². The largest absolute Gasteiger partial charge is 0.313 e. The predicted molar refractivity (Wildman–Crippen MR) is 69.5 cm³/mol. The molecule has 1 aromatic carbocycles. The highest BCUT2D eigenvalue weighted by Gasteiger charge is 2.08. The van der Waals surface area contributed by atoms with Crippen LogP contribution in [0.4, 0.5) is 0 Å². The second kappa shape index (κ2) is 5.25. The maximum absolute atomic E-state index is 11.7. The van der Waals surface area contributed by atoms with Gasteiger partial charge in [-0.2, -0.15) is 5.10 Å². The molecule has 2 aromatic rings. The molecule has 0 saturated carbocycles. The van der Waals surface area contributed by atoms with Crippen molar-refractivity contribution < 1.29 is 4.79 Å². The van der Waals surface area contributed by atoms with Gasteiger partial charge in [0.1, 0.15) is 0 Å². The number of nitrogens with one attached hydrogen (secondary N) is 1. The van der Waals surface area contributed by atoms with Crippen molar-refractivity contribution in [1.29, 1.82) is 0 Å². The molecule has 1 N–H and O–H groups in total. The number of ketones is 1. The zero-order chi connectivity index (χ0) is 12.3. The molecule has 5 heteroatoms. The lowest BCUT2D eigenvalue weighted by Gasteiger charge is -2.06. The Kier molecular flexibility index (Phi) is 3.71. The fraction of sp³-hybridized carbons (Fsp3) is 0.167. The summed E-state index contributed by atoms with van der Waals surface area (Å²) in [6, 6.07) is 7.35. The number of hydrogen-bond acceptors (Lipinski definition) is 3. The second-order valence-electron chi connectivity index (χ2n) is 3.57. The fourth-order valence-corrected chi connectivity index (χ4v) is 2.10. The van der Waals surface area contributed by atoms with E-state index in [1.54, 1.807) is 24.0 Å². The van der Waals surface area contributed by atoms with Crippen LogP contribution in [-0.2, 0) is 0 Å². The van der Waals surface area contributed by atoms with E-state index in [-0.39, 0.29) is 5.78 Å². The summed E-state index contributed by atoms with van der Waals surface area (Å²) in [7, 11) is 1.76. The predicted octanol–water partition coefficient (Wildman–Crippen LogP) is 2.04. The van der Waals surface area contributed by atoms with Gasteiger partial charge in [-0.05, 0) is 47.2 Å². The number of rotatable bonds is 4. The van der Waals surface area contributed by atoms with Crippen LogP contribution < -0.4 is 5.32 Å². The highest BCUT2D eigenvalue weighted by Crippen LogP contribution is 2.22. The summed E-state index contributed by atoms with van der Waals surface area (Å²) in [5.74, 6) is 0.0696. The number of hydrogen-bond donors (Lipinski definition) is 1. The Bertz CT molecular complexity index is 523. The number of nitrogens with zero attached hydrogens (tertiary/aromatic N) is 2. The zero-order valence-corrected chi connectivity index (χ0v) is 10.9. The summed E-state index contributed by atoms with van der Waals surface area (Å²) in [4.78, 5) is 11.7. The van der Waals surface area contributed by atoms with E-state index in [1.165, 1.54) is 0 Å². The van der Waals surface area contributed by atoms with Gasteiger partial charge in [-0.3, -0.25) is 4.79 Å². The van der Waals surface area contributed by atoms with Crippen LogP contribution in [0.5, 0.6) is 0 Å². The number of carbonyl (C=O) groups excluding carboxylic acids is 1. The summed E-state index contributed by atoms with van der Waals surface area (Å²) in [6.07, 6.45) is 3.57. The third kappa shape index (κ3) is 2.62. The Morgan fingerprint density at radius 1 is 1.53 bits per heavy atom. The van der Waals surface area contributed by atoms with Crippen LogP contribution in [0.1, 0.15) is 10.4 Å². The molecule has 0 spiro atoms. The Balaban J connectivity index is 2.32. The molecular weight excluding hydrogens is 282 g/mol. The van der Waals surface area contributed by atoms with E-state index in [0.29, 0.717) is 12.1 Å². The van der Waals surface area contributed by atoms with E-state index in [2.05, 4.69) is 26.3 Å². The van der Waals surface area contributed by atoms with Crippen LogP contribution in [0.25, 0.3) is 5.69 Å². The van der Waals surface area contributed by atoms with Gasteiger partial charge in [-0.15, -0.1) is 0 Å². The molecule has 1 heterocycles. The van der Waals surface area contributed by atoms with Gasteiger partial charge in [0, 0.05) is 22.4 Å². The van der Waals surface area contributed by atoms with E-state index < -0.39 is 0 Å². The molecule has 4 nitrogen and oxygen atoms in total. The van der Waals surface area contributed by atoms with Gasteiger partial charge in [0.25, 0.3) is 0 Å². The van der Waals surface area contributed by atoms with Crippen LogP contribution in [0.15, 0.2) is 41.1 Å². The highest BCUT2D eigenvalue weighted by molar-refractivity contribution is 9.10. The number of carbonyl (C=O) groups is 1. The van der Waals surface area contributed by atoms with E-state index in [9.17, 15) is 4.79 Å². The number of halogens is 1. The molecule has 0 saturated heterocycles. The molecule has 1 aromatic heterocycles. The average Bonchev–Trinajstić information content (AvgIpc) is 2.82. The van der Waals surface area contributed by atoms with Crippen molar-refractivity contribution >= 4 is 21.7 Å². The monoisotopic (exact) mass is 293 g/mol. The fourth-order valence-electron chi connectivity index (χ4n) is 1.54. The van der Waals surface area contributed by atoms with Crippen molar-refractivity contribution in [2.45, 2.75) is 0 Å². The molecule has 0 amide bonds. The number of aromatic nitrogens is 2. The zero-order valence-electron chi connectivity index (χ0n) is 9.35. The molecule has 0 bridgehead atoms. The van der Waals surface area contributed by atoms with Gasteiger partial charge < -0.3 is 5.32 Å². The second-order valence-corrected chi connectivity index (χ2v) is 4.42. The Morgan fingerprint density at radius 3 is 2.94 bits per heavy atom. The summed E-state index contributed by atoms with van der Waals surface area (Å²) >= 11 is 3.45. The molecule has 0 unspecified atom stereocenters. The molecule has 0 radical (unpaired) electrons. The first-order chi connectivity index (χ1) is 8.22. The standard InChI is InChI=1S/C12H12BrN3O/c1-14-8-12(17)9-3-4-11(10(13)7-9)16-6-2-5-15-16/h2-7,14H,8H2,1H3. The first-order valence-corrected chi connectivity index (χ1v) is 5.99. The maximum atomic E-state index is 11.7. The number of likely N-dealkylation sites (N-methyl/N-ethyl adjacent to an activating group) is 1. The number of Topliss-reactive ketones (excluding diaryl/α,β-unsaturated/α-hetero) is 1. The molecular formula is C12H12BrN3O. The van der Waals surface area contributed by atoms with Crippen molar-refractivity contribution in [3.8, 4) is 5.69 Å². The molecule has 0 aliphatic carbocycles. The smallest absolute Gasteiger partial charge is 0.176 e. The third-order valence-corrected chi connectivity index (χ3v) is 2.99. The summed E-state index contributed by atoms with van der Waals surface area (Å²) < 4.78 is 2.60. The van der Waals surface area contributed by atoms with Crippen LogP contribution >= 0.6 is 15.9 Å². The van der Waals surface area contributed by atoms with E-state index >= 15 is 0 Å². The molecule has 0 aliphatic heterocycles. The summed E-state index contributed by atoms with van der Waals surface area (Å²) in [5.41, 5.74) is 1.60. The first-order valence-electron chi connectivity index (χ1n) is 5.19. The maximum Gasteiger partial charge on any atom is 0.176 e. The molecule has 17 heavy (non-hydrogen) atoms. The minimum absolute atomic E-state index is 0.0696. The molecule has 2 rings (SSSR count). The number of benzene rings is 1. The lowest BCUT2D eigenvalue weighted by molar-refractivity contribution is 0.0993. The highest BCUT2D eigenvalue weighted by atomic mass is 79.9. The van der Waals surface area contributed by atoms with Gasteiger partial charge in [-0.25, -0.2) is 4.68 Å². The SMILES string of the molecule is CNCC(=O)c1ccc(-n2cccn2)c(Br)c1. The van der Waals surface area contributed by atoms with Crippen molar-refractivity contribution in [3.63, 3.8) is 0 Å². The Labute approximate surface area is 108 Å². The van der Waals surface area contributed by atoms with Crippen LogP contribution in [0, 0.1) is 0 Å². The first kappa shape index (κ1) is 12.0. The summed E-state index contributed by atoms with van der Waals surface area (Å²) in [6.45, 7) is 0.341. The Morgan fingerprint density at radius 2 is 2.35 bits per heavy atom. The van der Waals surface area contributed by atoms with Gasteiger partial charge in [0.05, 0.1) is 12.2 Å². The van der Waals surface area contributed by atoms with Crippen LogP contribution in [0.2, 0.25) is 0 Å². The van der Waals surface area contributed by atoms with E-state index in [4.69, 9.17) is 0 Å². The van der Waals surface area contributed by atoms with Crippen molar-refractivity contribution in [1.82, 2.24) is 15.1 Å².